The molecule has 2 rings (SSSR count). The number of nitrogens with one attached hydrogen (secondary N) is 1. The van der Waals surface area contributed by atoms with Gasteiger partial charge in [0.1, 0.15) is 0 Å². The van der Waals surface area contributed by atoms with Crippen LogP contribution < -0.4 is 4.72 Å². The number of halogens is 2. The number of hydrogen-bond donors (Lipinski definition) is 1. The molecule has 26 heavy (non-hydrogen) atoms. The highest BCUT2D eigenvalue weighted by Gasteiger charge is 2.22. The molecule has 0 bridgehead atoms. The summed E-state index contributed by atoms with van der Waals surface area (Å²) in [6, 6.07) is 7.33. The number of anilines is 1. The van der Waals surface area contributed by atoms with Crippen LogP contribution in [0.1, 0.15) is 13.8 Å². The van der Waals surface area contributed by atoms with Gasteiger partial charge in [0.05, 0.1) is 9.79 Å². The lowest BCUT2D eigenvalue weighted by molar-refractivity contribution is 0.445. The van der Waals surface area contributed by atoms with Crippen molar-refractivity contribution < 1.29 is 25.6 Å². The van der Waals surface area contributed by atoms with Crippen molar-refractivity contribution in [3.8, 4) is 0 Å². The van der Waals surface area contributed by atoms with Crippen molar-refractivity contribution in [1.82, 2.24) is 4.31 Å². The first kappa shape index (κ1) is 20.3. The lowest BCUT2D eigenvalue weighted by Crippen LogP contribution is -2.30. The van der Waals surface area contributed by atoms with Crippen LogP contribution in [0.3, 0.4) is 0 Å². The summed E-state index contributed by atoms with van der Waals surface area (Å²) >= 11 is 0. The second kappa shape index (κ2) is 7.68. The van der Waals surface area contributed by atoms with E-state index >= 15 is 0 Å². The van der Waals surface area contributed by atoms with Crippen LogP contribution >= 0.6 is 0 Å². The fourth-order valence-corrected chi connectivity index (χ4v) is 4.79. The van der Waals surface area contributed by atoms with E-state index in [1.54, 1.807) is 13.8 Å². The fraction of sp³-hybridized carbons (Fsp3) is 0.250. The van der Waals surface area contributed by atoms with E-state index in [1.165, 1.54) is 28.6 Å². The minimum Gasteiger partial charge on any atom is -0.280 e. The summed E-state index contributed by atoms with van der Waals surface area (Å²) in [5, 5.41) is 0. The molecule has 0 saturated carbocycles. The monoisotopic (exact) mass is 404 g/mol. The lowest BCUT2D eigenvalue weighted by Gasteiger charge is -2.18. The van der Waals surface area contributed by atoms with Crippen LogP contribution in [0.4, 0.5) is 14.5 Å². The summed E-state index contributed by atoms with van der Waals surface area (Å²) < 4.78 is 78.9. The average molecular weight is 404 g/mol. The van der Waals surface area contributed by atoms with Crippen LogP contribution in [-0.2, 0) is 20.0 Å². The highest BCUT2D eigenvalue weighted by atomic mass is 32.2. The van der Waals surface area contributed by atoms with Crippen molar-refractivity contribution in [2.75, 3.05) is 17.8 Å². The molecule has 0 atom stereocenters. The van der Waals surface area contributed by atoms with Gasteiger partial charge >= 0.3 is 0 Å². The van der Waals surface area contributed by atoms with Gasteiger partial charge in [0.2, 0.25) is 10.0 Å². The van der Waals surface area contributed by atoms with Gasteiger partial charge in [-0.05, 0) is 42.5 Å². The van der Waals surface area contributed by atoms with E-state index in [0.717, 1.165) is 6.07 Å². The van der Waals surface area contributed by atoms with Crippen molar-refractivity contribution in [2.45, 2.75) is 23.6 Å². The van der Waals surface area contributed by atoms with Crippen LogP contribution in [0.5, 0.6) is 0 Å². The molecule has 1 N–H and O–H groups in total. The Kier molecular flexibility index (Phi) is 5.99. The third-order valence-electron chi connectivity index (χ3n) is 3.65. The number of nitrogens with zero attached hydrogens (tertiary/aromatic N) is 1. The SMILES string of the molecule is CCN(CC)S(=O)(=O)c1ccc(NS(=O)(=O)c2ccc(F)c(F)c2)cc1. The summed E-state index contributed by atoms with van der Waals surface area (Å²) in [5.41, 5.74) is 0.0910. The van der Waals surface area contributed by atoms with Crippen molar-refractivity contribution in [3.63, 3.8) is 0 Å². The minimum absolute atomic E-state index is 0.0250. The molecule has 0 amide bonds. The maximum atomic E-state index is 13.2. The molecule has 0 aromatic heterocycles. The molecular weight excluding hydrogens is 386 g/mol. The molecule has 2 aromatic rings. The molecule has 0 unspecified atom stereocenters. The Labute approximate surface area is 151 Å². The molecule has 142 valence electrons. The first-order valence-corrected chi connectivity index (χ1v) is 10.6. The minimum atomic E-state index is -4.14. The van der Waals surface area contributed by atoms with Gasteiger partial charge in [-0.15, -0.1) is 0 Å². The molecule has 0 radical (unpaired) electrons. The standard InChI is InChI=1S/C16H18F2N2O4S2/c1-3-20(4-2)26(23,24)13-7-5-12(6-8-13)19-25(21,22)14-9-10-15(17)16(18)11-14/h5-11,19H,3-4H2,1-2H3. The van der Waals surface area contributed by atoms with Gasteiger partial charge in [0.25, 0.3) is 10.0 Å². The highest BCUT2D eigenvalue weighted by Crippen LogP contribution is 2.21. The Hall–Kier alpha value is -2.04. The molecule has 0 spiro atoms. The Balaban J connectivity index is 2.27. The Morgan fingerprint density at radius 3 is 1.88 bits per heavy atom. The van der Waals surface area contributed by atoms with Gasteiger partial charge in [-0.25, -0.2) is 25.6 Å². The van der Waals surface area contributed by atoms with Crippen LogP contribution in [0.25, 0.3) is 0 Å². The summed E-state index contributed by atoms with van der Waals surface area (Å²) in [4.78, 5) is -0.423. The number of rotatable bonds is 7. The van der Waals surface area contributed by atoms with Gasteiger partial charge in [-0.1, -0.05) is 13.8 Å². The Bertz CT molecular complexity index is 987. The quantitative estimate of drug-likeness (QED) is 0.769. The van der Waals surface area contributed by atoms with E-state index in [-0.39, 0.29) is 10.6 Å². The summed E-state index contributed by atoms with van der Waals surface area (Å²) in [6.07, 6.45) is 0. The molecule has 0 fully saturated rings. The molecular formula is C16H18F2N2O4S2. The van der Waals surface area contributed by atoms with Gasteiger partial charge in [-0.3, -0.25) is 4.72 Å². The summed E-state index contributed by atoms with van der Waals surface area (Å²) in [6.45, 7) is 4.05. The van der Waals surface area contributed by atoms with Crippen molar-refractivity contribution in [1.29, 1.82) is 0 Å². The van der Waals surface area contributed by atoms with E-state index in [0.29, 0.717) is 25.2 Å². The molecule has 0 aliphatic rings. The van der Waals surface area contributed by atoms with Gasteiger partial charge in [-0.2, -0.15) is 4.31 Å². The maximum absolute atomic E-state index is 13.2. The zero-order chi connectivity index (χ0) is 19.5. The van der Waals surface area contributed by atoms with Gasteiger partial charge < -0.3 is 0 Å². The first-order valence-electron chi connectivity index (χ1n) is 7.70. The Morgan fingerprint density at radius 1 is 0.846 bits per heavy atom. The van der Waals surface area contributed by atoms with Crippen molar-refractivity contribution in [2.24, 2.45) is 0 Å². The summed E-state index contributed by atoms with van der Waals surface area (Å²) in [7, 11) is -7.80. The zero-order valence-electron chi connectivity index (χ0n) is 14.1. The number of sulfonamides is 2. The molecule has 0 heterocycles. The van der Waals surface area contributed by atoms with Crippen LogP contribution in [0, 0.1) is 11.6 Å². The molecule has 0 aliphatic heterocycles. The Morgan fingerprint density at radius 2 is 1.38 bits per heavy atom. The van der Waals surface area contributed by atoms with E-state index in [2.05, 4.69) is 4.72 Å². The van der Waals surface area contributed by atoms with Crippen LogP contribution in [0.15, 0.2) is 52.3 Å². The fourth-order valence-electron chi connectivity index (χ4n) is 2.27. The van der Waals surface area contributed by atoms with Crippen LogP contribution in [0.2, 0.25) is 0 Å². The zero-order valence-corrected chi connectivity index (χ0v) is 15.7. The normalized spacial score (nSPS) is 12.3. The van der Waals surface area contributed by atoms with Crippen molar-refractivity contribution in [3.05, 3.63) is 54.1 Å². The molecule has 6 nitrogen and oxygen atoms in total. The van der Waals surface area contributed by atoms with E-state index in [4.69, 9.17) is 0 Å². The number of hydrogen-bond acceptors (Lipinski definition) is 4. The molecule has 0 saturated heterocycles. The van der Waals surface area contributed by atoms with Gasteiger partial charge in [0.15, 0.2) is 11.6 Å². The lowest BCUT2D eigenvalue weighted by atomic mass is 10.3. The highest BCUT2D eigenvalue weighted by molar-refractivity contribution is 7.92. The maximum Gasteiger partial charge on any atom is 0.261 e. The smallest absolute Gasteiger partial charge is 0.261 e. The van der Waals surface area contributed by atoms with Crippen LogP contribution in [-0.4, -0.2) is 34.2 Å². The third-order valence-corrected chi connectivity index (χ3v) is 7.09. The van der Waals surface area contributed by atoms with Crippen molar-refractivity contribution >= 4 is 25.7 Å². The number of benzene rings is 2. The van der Waals surface area contributed by atoms with E-state index in [1.807, 2.05) is 0 Å². The van der Waals surface area contributed by atoms with E-state index < -0.39 is 36.6 Å². The predicted octanol–water partition coefficient (Wildman–Crippen LogP) is 2.80. The second-order valence-corrected chi connectivity index (χ2v) is 8.92. The van der Waals surface area contributed by atoms with Gasteiger partial charge in [0, 0.05) is 18.8 Å². The first-order chi connectivity index (χ1) is 12.1. The molecule has 10 heteroatoms. The topological polar surface area (TPSA) is 83.6 Å². The second-order valence-electron chi connectivity index (χ2n) is 5.30. The largest absolute Gasteiger partial charge is 0.280 e. The molecule has 0 aliphatic carbocycles. The third kappa shape index (κ3) is 4.19. The average Bonchev–Trinajstić information content (AvgIpc) is 2.58. The summed E-state index contributed by atoms with van der Waals surface area (Å²) in [5.74, 6) is -2.44. The molecule has 2 aromatic carbocycles. The predicted molar refractivity (Wildman–Crippen MR) is 93.7 cm³/mol. The van der Waals surface area contributed by atoms with E-state index in [9.17, 15) is 25.6 Å².